The lowest BCUT2D eigenvalue weighted by Gasteiger charge is -2.37. The van der Waals surface area contributed by atoms with Gasteiger partial charge in [-0.3, -0.25) is 4.98 Å². The fourth-order valence-corrected chi connectivity index (χ4v) is 2.89. The molecule has 6 nitrogen and oxygen atoms in total. The first kappa shape index (κ1) is 18.2. The van der Waals surface area contributed by atoms with Gasteiger partial charge in [0.25, 0.3) is 6.43 Å². The molecule has 0 amide bonds. The number of ether oxygens (including phenoxy) is 3. The molecule has 1 aromatic heterocycles. The maximum atomic E-state index is 13.1. The number of aromatic nitrogens is 2. The summed E-state index contributed by atoms with van der Waals surface area (Å²) in [7, 11) is 0. The number of alkyl halides is 5. The largest absolute Gasteiger partial charge is 0.434 e. The normalized spacial score (nSPS) is 31.8. The van der Waals surface area contributed by atoms with Crippen LogP contribution in [0.25, 0.3) is 0 Å². The van der Waals surface area contributed by atoms with Crippen LogP contribution in [0.4, 0.5) is 27.8 Å². The molecule has 2 fully saturated rings. The monoisotopic (exact) mass is 369 g/mol. The fourth-order valence-electron chi connectivity index (χ4n) is 2.89. The predicted molar refractivity (Wildman–Crippen MR) is 74.0 cm³/mol. The summed E-state index contributed by atoms with van der Waals surface area (Å²) >= 11 is 0. The lowest BCUT2D eigenvalue weighted by atomic mass is 9.98. The maximum absolute atomic E-state index is 13.1. The molecule has 2 saturated heterocycles. The van der Waals surface area contributed by atoms with Crippen LogP contribution < -0.4 is 5.32 Å². The molecule has 4 atom stereocenters. The van der Waals surface area contributed by atoms with Gasteiger partial charge in [0.2, 0.25) is 0 Å². The van der Waals surface area contributed by atoms with Gasteiger partial charge in [0.05, 0.1) is 25.0 Å². The van der Waals surface area contributed by atoms with Crippen molar-refractivity contribution in [3.8, 4) is 0 Å². The van der Waals surface area contributed by atoms with E-state index in [0.717, 1.165) is 6.20 Å². The molecule has 0 aromatic carbocycles. The van der Waals surface area contributed by atoms with Crippen molar-refractivity contribution in [1.29, 1.82) is 0 Å². The van der Waals surface area contributed by atoms with E-state index in [1.807, 2.05) is 0 Å². The van der Waals surface area contributed by atoms with E-state index in [9.17, 15) is 22.0 Å². The molecule has 11 heteroatoms. The van der Waals surface area contributed by atoms with Gasteiger partial charge in [0.1, 0.15) is 24.1 Å². The van der Waals surface area contributed by atoms with Gasteiger partial charge in [-0.15, -0.1) is 0 Å². The quantitative estimate of drug-likeness (QED) is 0.826. The molecule has 0 radical (unpaired) electrons. The molecule has 1 aromatic rings. The first-order valence-electron chi connectivity index (χ1n) is 7.48. The van der Waals surface area contributed by atoms with E-state index in [4.69, 9.17) is 14.2 Å². The summed E-state index contributed by atoms with van der Waals surface area (Å²) in [5.41, 5.74) is -1.17. The molecule has 140 valence electrons. The van der Waals surface area contributed by atoms with Crippen LogP contribution in [0.1, 0.15) is 19.5 Å². The zero-order valence-electron chi connectivity index (χ0n) is 13.3. The minimum Gasteiger partial charge on any atom is -0.367 e. The number of hydrogen-bond acceptors (Lipinski definition) is 6. The SMILES string of the molecule is CC1(C)O[C@@H]2[C@H](O1)[C@@H](Nc1cncc(C(F)(F)F)n1)CO[C@@H]2C(F)F. The smallest absolute Gasteiger partial charge is 0.367 e. The van der Waals surface area contributed by atoms with Gasteiger partial charge < -0.3 is 19.5 Å². The zero-order valence-corrected chi connectivity index (χ0v) is 13.3. The van der Waals surface area contributed by atoms with E-state index >= 15 is 0 Å². The van der Waals surface area contributed by atoms with Crippen molar-refractivity contribution in [2.75, 3.05) is 11.9 Å². The Balaban J connectivity index is 1.79. The van der Waals surface area contributed by atoms with Gasteiger partial charge in [0, 0.05) is 0 Å². The lowest BCUT2D eigenvalue weighted by molar-refractivity contribution is -0.173. The van der Waals surface area contributed by atoms with E-state index in [0.29, 0.717) is 6.20 Å². The molecule has 3 rings (SSSR count). The number of fused-ring (bicyclic) bond motifs is 1. The number of anilines is 1. The Morgan fingerprint density at radius 3 is 2.52 bits per heavy atom. The molecule has 0 saturated carbocycles. The topological polar surface area (TPSA) is 65.5 Å². The molecule has 3 heterocycles. The Morgan fingerprint density at radius 2 is 1.88 bits per heavy atom. The summed E-state index contributed by atoms with van der Waals surface area (Å²) in [6, 6.07) is -0.723. The Morgan fingerprint density at radius 1 is 1.20 bits per heavy atom. The van der Waals surface area contributed by atoms with Crippen molar-refractivity contribution in [3.63, 3.8) is 0 Å². The molecule has 2 aliphatic heterocycles. The standard InChI is InChI=1S/C14H16F5N3O3/c1-13(2)24-9-6(5-23-11(12(15)16)10(9)25-13)21-8-4-20-3-7(22-8)14(17,18)19/h3-4,6,9-12H,5H2,1-2H3,(H,21,22)/t6-,9+,10+,11-/m0/s1. The zero-order chi connectivity index (χ0) is 18.4. The van der Waals surface area contributed by atoms with Gasteiger partial charge in [-0.05, 0) is 13.8 Å². The minimum atomic E-state index is -4.65. The third-order valence-corrected chi connectivity index (χ3v) is 3.86. The second kappa shape index (κ2) is 6.29. The van der Waals surface area contributed by atoms with Gasteiger partial charge >= 0.3 is 6.18 Å². The Hall–Kier alpha value is -1.59. The maximum Gasteiger partial charge on any atom is 0.434 e. The summed E-state index contributed by atoms with van der Waals surface area (Å²) in [6.07, 6.45) is -9.09. The molecule has 0 spiro atoms. The Kier molecular flexibility index (Phi) is 4.58. The first-order valence-corrected chi connectivity index (χ1v) is 7.48. The van der Waals surface area contributed by atoms with Gasteiger partial charge in [-0.1, -0.05) is 0 Å². The second-order valence-corrected chi connectivity index (χ2v) is 6.24. The van der Waals surface area contributed by atoms with Crippen LogP contribution in [-0.2, 0) is 20.4 Å². The van der Waals surface area contributed by atoms with Crippen LogP contribution in [-0.4, -0.2) is 53.1 Å². The molecule has 0 aliphatic carbocycles. The highest BCUT2D eigenvalue weighted by Gasteiger charge is 2.54. The summed E-state index contributed by atoms with van der Waals surface area (Å²) < 4.78 is 80.7. The predicted octanol–water partition coefficient (Wildman–Crippen LogP) is 2.46. The van der Waals surface area contributed by atoms with Gasteiger partial charge in [-0.2, -0.15) is 13.2 Å². The third kappa shape index (κ3) is 3.82. The van der Waals surface area contributed by atoms with Gasteiger partial charge in [0.15, 0.2) is 11.5 Å². The van der Waals surface area contributed by atoms with Crippen molar-refractivity contribution >= 4 is 5.82 Å². The highest BCUT2D eigenvalue weighted by atomic mass is 19.4. The minimum absolute atomic E-state index is 0.161. The number of rotatable bonds is 3. The Labute approximate surface area is 139 Å². The summed E-state index contributed by atoms with van der Waals surface area (Å²) in [5.74, 6) is -1.28. The molecule has 25 heavy (non-hydrogen) atoms. The van der Waals surface area contributed by atoms with E-state index in [-0.39, 0.29) is 12.4 Å². The molecule has 1 N–H and O–H groups in total. The van der Waals surface area contributed by atoms with E-state index in [1.54, 1.807) is 13.8 Å². The number of nitrogens with one attached hydrogen (secondary N) is 1. The van der Waals surface area contributed by atoms with Crippen molar-refractivity contribution in [2.45, 2.75) is 56.6 Å². The Bertz CT molecular complexity index is 628. The highest BCUT2D eigenvalue weighted by molar-refractivity contribution is 5.35. The summed E-state index contributed by atoms with van der Waals surface area (Å²) in [6.45, 7) is 2.93. The lowest BCUT2D eigenvalue weighted by Crippen LogP contribution is -2.56. The third-order valence-electron chi connectivity index (χ3n) is 3.86. The van der Waals surface area contributed by atoms with Crippen LogP contribution in [0.3, 0.4) is 0 Å². The molecule has 0 bridgehead atoms. The van der Waals surface area contributed by atoms with Crippen molar-refractivity contribution in [2.24, 2.45) is 0 Å². The van der Waals surface area contributed by atoms with Crippen molar-refractivity contribution < 1.29 is 36.2 Å². The number of halogens is 5. The van der Waals surface area contributed by atoms with E-state index in [2.05, 4.69) is 15.3 Å². The van der Waals surface area contributed by atoms with Crippen LogP contribution in [0, 0.1) is 0 Å². The van der Waals surface area contributed by atoms with Crippen molar-refractivity contribution in [3.05, 3.63) is 18.1 Å². The van der Waals surface area contributed by atoms with Crippen LogP contribution in [0.5, 0.6) is 0 Å². The summed E-state index contributed by atoms with van der Waals surface area (Å²) in [4.78, 5) is 6.94. The first-order chi connectivity index (χ1) is 11.6. The molecular formula is C14H16F5N3O3. The van der Waals surface area contributed by atoms with E-state index < -0.39 is 48.4 Å². The average Bonchev–Trinajstić information content (AvgIpc) is 2.82. The van der Waals surface area contributed by atoms with Crippen LogP contribution >= 0.6 is 0 Å². The van der Waals surface area contributed by atoms with Crippen LogP contribution in [0.2, 0.25) is 0 Å². The molecular weight excluding hydrogens is 353 g/mol. The average molecular weight is 369 g/mol. The number of hydrogen-bond donors (Lipinski definition) is 1. The van der Waals surface area contributed by atoms with Crippen molar-refractivity contribution in [1.82, 2.24) is 9.97 Å². The highest BCUT2D eigenvalue weighted by Crippen LogP contribution is 2.38. The number of nitrogens with zero attached hydrogens (tertiary/aromatic N) is 2. The molecule has 0 unspecified atom stereocenters. The second-order valence-electron chi connectivity index (χ2n) is 6.24. The summed E-state index contributed by atoms with van der Waals surface area (Å²) in [5, 5.41) is 2.71. The fraction of sp³-hybridized carbons (Fsp3) is 0.714. The molecule has 2 aliphatic rings. The van der Waals surface area contributed by atoms with E-state index in [1.165, 1.54) is 0 Å². The van der Waals surface area contributed by atoms with Crippen LogP contribution in [0.15, 0.2) is 12.4 Å². The van der Waals surface area contributed by atoms with Gasteiger partial charge in [-0.25, -0.2) is 13.8 Å².